The molecule has 0 saturated carbocycles. The molecule has 0 spiro atoms. The molecule has 0 fully saturated rings. The van der Waals surface area contributed by atoms with Gasteiger partial charge in [-0.3, -0.25) is 4.79 Å². The second kappa shape index (κ2) is 7.86. The van der Waals surface area contributed by atoms with Crippen molar-refractivity contribution in [2.75, 3.05) is 6.54 Å². The van der Waals surface area contributed by atoms with Crippen LogP contribution in [0.3, 0.4) is 0 Å². The summed E-state index contributed by atoms with van der Waals surface area (Å²) in [7, 11) is 0. The van der Waals surface area contributed by atoms with E-state index in [4.69, 9.17) is 0 Å². The van der Waals surface area contributed by atoms with Crippen LogP contribution in [0.1, 0.15) is 38.5 Å². The first kappa shape index (κ1) is 19.3. The number of carbonyl (C=O) groups excluding carboxylic acids is 1. The highest BCUT2D eigenvalue weighted by molar-refractivity contribution is 6.00. The van der Waals surface area contributed by atoms with Gasteiger partial charge >= 0.3 is 0 Å². The summed E-state index contributed by atoms with van der Waals surface area (Å²) in [6.07, 6.45) is 0. The summed E-state index contributed by atoms with van der Waals surface area (Å²) in [6.45, 7) is 0.354. The molecule has 3 nitrogen and oxygen atoms in total. The fourth-order valence-corrected chi connectivity index (χ4v) is 4.56. The van der Waals surface area contributed by atoms with Crippen molar-refractivity contribution in [3.8, 4) is 0 Å². The van der Waals surface area contributed by atoms with Gasteiger partial charge in [-0.15, -0.1) is 0 Å². The van der Waals surface area contributed by atoms with Crippen LogP contribution in [0, 0.1) is 0 Å². The number of benzene rings is 4. The summed E-state index contributed by atoms with van der Waals surface area (Å²) in [6, 6.07) is 37.1. The van der Waals surface area contributed by atoms with Crippen LogP contribution in [0.5, 0.6) is 0 Å². The van der Waals surface area contributed by atoms with Crippen LogP contribution in [0.25, 0.3) is 0 Å². The lowest BCUT2D eigenvalue weighted by Crippen LogP contribution is -2.46. The molecule has 4 aromatic rings. The van der Waals surface area contributed by atoms with Crippen LogP contribution in [0.2, 0.25) is 0 Å². The number of hydrogen-bond acceptors (Lipinski definition) is 2. The zero-order valence-corrected chi connectivity index (χ0v) is 17.1. The zero-order valence-electron chi connectivity index (χ0n) is 17.1. The summed E-state index contributed by atoms with van der Waals surface area (Å²) in [5, 5.41) is 12.1. The Balaban J connectivity index is 1.64. The topological polar surface area (TPSA) is 40.5 Å². The standard InChI is InChI=1S/C28H23NO2/c30-27-24-18-10-11-19-26(24)28(31,23-16-8-3-9-17-23)29(27)20-25(21-12-4-1-5-13-21)22-14-6-2-7-15-22/h1-19,25,31H,20H2. The van der Waals surface area contributed by atoms with Crippen molar-refractivity contribution in [3.63, 3.8) is 0 Å². The maximum Gasteiger partial charge on any atom is 0.257 e. The smallest absolute Gasteiger partial charge is 0.257 e. The average Bonchev–Trinajstić information content (AvgIpc) is 3.07. The maximum atomic E-state index is 13.5. The Bertz CT molecular complexity index is 1150. The summed E-state index contributed by atoms with van der Waals surface area (Å²) in [5.41, 5.74) is 2.56. The lowest BCUT2D eigenvalue weighted by Gasteiger charge is -2.37. The van der Waals surface area contributed by atoms with Crippen molar-refractivity contribution in [1.82, 2.24) is 4.90 Å². The fraction of sp³-hybridized carbons (Fsp3) is 0.107. The van der Waals surface area contributed by atoms with Gasteiger partial charge in [-0.05, 0) is 17.2 Å². The van der Waals surface area contributed by atoms with E-state index in [1.54, 1.807) is 11.0 Å². The molecule has 0 aromatic heterocycles. The highest BCUT2D eigenvalue weighted by Gasteiger charge is 2.50. The molecule has 1 N–H and O–H groups in total. The molecule has 1 amide bonds. The first-order chi connectivity index (χ1) is 15.2. The minimum atomic E-state index is -1.52. The van der Waals surface area contributed by atoms with Gasteiger partial charge in [0.2, 0.25) is 0 Å². The molecule has 0 radical (unpaired) electrons. The minimum absolute atomic E-state index is 0.0732. The second-order valence-corrected chi connectivity index (χ2v) is 7.87. The predicted octanol–water partition coefficient (Wildman–Crippen LogP) is 5.17. The van der Waals surface area contributed by atoms with E-state index in [1.165, 1.54) is 0 Å². The van der Waals surface area contributed by atoms with Crippen molar-refractivity contribution < 1.29 is 9.90 Å². The Labute approximate surface area is 182 Å². The van der Waals surface area contributed by atoms with Crippen LogP contribution < -0.4 is 0 Å². The van der Waals surface area contributed by atoms with E-state index in [2.05, 4.69) is 24.3 Å². The summed E-state index contributed by atoms with van der Waals surface area (Å²) in [5.74, 6) is -0.227. The van der Waals surface area contributed by atoms with Gasteiger partial charge in [0.1, 0.15) is 0 Å². The minimum Gasteiger partial charge on any atom is -0.363 e. The molecule has 4 aromatic carbocycles. The molecule has 31 heavy (non-hydrogen) atoms. The summed E-state index contributed by atoms with van der Waals surface area (Å²) >= 11 is 0. The monoisotopic (exact) mass is 405 g/mol. The predicted molar refractivity (Wildman–Crippen MR) is 122 cm³/mol. The first-order valence-electron chi connectivity index (χ1n) is 10.5. The van der Waals surface area contributed by atoms with Crippen LogP contribution in [0.4, 0.5) is 0 Å². The third-order valence-electron chi connectivity index (χ3n) is 6.11. The van der Waals surface area contributed by atoms with Crippen molar-refractivity contribution >= 4 is 5.91 Å². The van der Waals surface area contributed by atoms with Gasteiger partial charge in [-0.2, -0.15) is 0 Å². The van der Waals surface area contributed by atoms with E-state index in [9.17, 15) is 9.90 Å². The Morgan fingerprint density at radius 1 is 0.677 bits per heavy atom. The van der Waals surface area contributed by atoms with Crippen molar-refractivity contribution in [2.24, 2.45) is 0 Å². The molecule has 1 aliphatic heterocycles. The lowest BCUT2D eigenvalue weighted by atomic mass is 9.89. The zero-order chi connectivity index (χ0) is 21.3. The molecule has 1 atom stereocenters. The quantitative estimate of drug-likeness (QED) is 0.498. The largest absolute Gasteiger partial charge is 0.363 e. The van der Waals surface area contributed by atoms with Gasteiger partial charge in [0.25, 0.3) is 5.91 Å². The molecular formula is C28H23NO2. The molecule has 1 aliphatic rings. The van der Waals surface area contributed by atoms with E-state index >= 15 is 0 Å². The molecule has 3 heteroatoms. The maximum absolute atomic E-state index is 13.5. The highest BCUT2D eigenvalue weighted by atomic mass is 16.3. The normalized spacial score (nSPS) is 17.7. The second-order valence-electron chi connectivity index (χ2n) is 7.87. The highest BCUT2D eigenvalue weighted by Crippen LogP contribution is 2.43. The van der Waals surface area contributed by atoms with Gasteiger partial charge < -0.3 is 10.0 Å². The molecule has 0 bridgehead atoms. The number of rotatable bonds is 5. The van der Waals surface area contributed by atoms with E-state index in [-0.39, 0.29) is 11.8 Å². The average molecular weight is 405 g/mol. The Hall–Kier alpha value is -3.69. The number of amides is 1. The molecule has 0 aliphatic carbocycles. The number of nitrogens with zero attached hydrogens (tertiary/aromatic N) is 1. The van der Waals surface area contributed by atoms with E-state index < -0.39 is 5.72 Å². The van der Waals surface area contributed by atoms with E-state index in [0.717, 1.165) is 11.1 Å². The molecule has 1 unspecified atom stereocenters. The van der Waals surface area contributed by atoms with Gasteiger partial charge in [0, 0.05) is 29.2 Å². The summed E-state index contributed by atoms with van der Waals surface area (Å²) in [4.78, 5) is 15.2. The third-order valence-corrected chi connectivity index (χ3v) is 6.11. The molecule has 152 valence electrons. The first-order valence-corrected chi connectivity index (χ1v) is 10.5. The number of carbonyl (C=O) groups is 1. The number of fused-ring (bicyclic) bond motifs is 1. The van der Waals surface area contributed by atoms with Crippen LogP contribution in [-0.4, -0.2) is 22.5 Å². The lowest BCUT2D eigenvalue weighted by molar-refractivity contribution is -0.0511. The van der Waals surface area contributed by atoms with E-state index in [0.29, 0.717) is 23.2 Å². The van der Waals surface area contributed by atoms with Gasteiger partial charge in [0.05, 0.1) is 0 Å². The van der Waals surface area contributed by atoms with Crippen molar-refractivity contribution in [1.29, 1.82) is 0 Å². The third kappa shape index (κ3) is 3.24. The van der Waals surface area contributed by atoms with Crippen LogP contribution in [0.15, 0.2) is 115 Å². The van der Waals surface area contributed by atoms with Crippen molar-refractivity contribution in [2.45, 2.75) is 11.6 Å². The van der Waals surface area contributed by atoms with Gasteiger partial charge in [-0.25, -0.2) is 0 Å². The number of hydrogen-bond donors (Lipinski definition) is 1. The van der Waals surface area contributed by atoms with Crippen LogP contribution >= 0.6 is 0 Å². The molecule has 5 rings (SSSR count). The van der Waals surface area contributed by atoms with Crippen molar-refractivity contribution in [3.05, 3.63) is 143 Å². The summed E-state index contributed by atoms with van der Waals surface area (Å²) < 4.78 is 0. The molecule has 0 saturated heterocycles. The van der Waals surface area contributed by atoms with Crippen LogP contribution in [-0.2, 0) is 5.72 Å². The van der Waals surface area contributed by atoms with E-state index in [1.807, 2.05) is 84.9 Å². The SMILES string of the molecule is O=C1c2ccccc2C(O)(c2ccccc2)N1CC(c1ccccc1)c1ccccc1. The van der Waals surface area contributed by atoms with Gasteiger partial charge in [-0.1, -0.05) is 109 Å². The molecular weight excluding hydrogens is 382 g/mol. The number of aliphatic hydroxyl groups is 1. The Morgan fingerprint density at radius 2 is 1.16 bits per heavy atom. The van der Waals surface area contributed by atoms with Gasteiger partial charge in [0.15, 0.2) is 5.72 Å². The fourth-order valence-electron chi connectivity index (χ4n) is 4.56. The Morgan fingerprint density at radius 3 is 1.74 bits per heavy atom. The Kier molecular flexibility index (Phi) is 4.89. The molecule has 1 heterocycles.